The summed E-state index contributed by atoms with van der Waals surface area (Å²) in [6, 6.07) is 0.313. The molecule has 1 saturated carbocycles. The predicted molar refractivity (Wildman–Crippen MR) is 44.5 cm³/mol. The molecule has 70 valence electrons. The second-order valence-electron chi connectivity index (χ2n) is 3.29. The Labute approximate surface area is 75.4 Å². The first-order chi connectivity index (χ1) is 6.27. The summed E-state index contributed by atoms with van der Waals surface area (Å²) in [5, 5.41) is 16.5. The Morgan fingerprint density at radius 1 is 1.54 bits per heavy atom. The second-order valence-corrected chi connectivity index (χ2v) is 3.29. The summed E-state index contributed by atoms with van der Waals surface area (Å²) in [7, 11) is 0. The van der Waals surface area contributed by atoms with Crippen LogP contribution in [0.3, 0.4) is 0 Å². The van der Waals surface area contributed by atoms with Crippen molar-refractivity contribution in [2.45, 2.75) is 31.7 Å². The van der Waals surface area contributed by atoms with Crippen molar-refractivity contribution in [3.8, 4) is 0 Å². The highest BCUT2D eigenvalue weighted by Crippen LogP contribution is 2.27. The lowest BCUT2D eigenvalue weighted by Crippen LogP contribution is -2.09. The van der Waals surface area contributed by atoms with Gasteiger partial charge in [0.05, 0.1) is 12.2 Å². The number of hydrogen-bond acceptors (Lipinski definition) is 3. The molecule has 1 fully saturated rings. The Morgan fingerprint density at radius 2 is 2.23 bits per heavy atom. The van der Waals surface area contributed by atoms with Gasteiger partial charge in [-0.05, 0) is 12.8 Å². The molecule has 13 heavy (non-hydrogen) atoms. The van der Waals surface area contributed by atoms with Gasteiger partial charge >= 0.3 is 5.97 Å². The van der Waals surface area contributed by atoms with E-state index in [0.717, 1.165) is 12.8 Å². The quantitative estimate of drug-likeness (QED) is 0.741. The summed E-state index contributed by atoms with van der Waals surface area (Å²) in [4.78, 5) is 12.1. The van der Waals surface area contributed by atoms with Crippen molar-refractivity contribution in [2.24, 2.45) is 0 Å². The zero-order valence-corrected chi connectivity index (χ0v) is 7.18. The Bertz CT molecular complexity index is 315. The van der Waals surface area contributed by atoms with Crippen molar-refractivity contribution < 1.29 is 9.90 Å². The molecule has 0 radical (unpaired) electrons. The lowest BCUT2D eigenvalue weighted by Gasteiger charge is -2.05. The third kappa shape index (κ3) is 1.54. The molecule has 2 rings (SSSR count). The molecule has 1 aliphatic carbocycles. The molecule has 0 aromatic carbocycles. The van der Waals surface area contributed by atoms with Crippen LogP contribution in [0.4, 0.5) is 0 Å². The van der Waals surface area contributed by atoms with Crippen LogP contribution in [0.5, 0.6) is 0 Å². The highest BCUT2D eigenvalue weighted by atomic mass is 16.4. The Hall–Kier alpha value is -1.39. The van der Waals surface area contributed by atoms with Crippen LogP contribution in [0.1, 0.15) is 42.2 Å². The van der Waals surface area contributed by atoms with Gasteiger partial charge in [-0.2, -0.15) is 9.90 Å². The van der Waals surface area contributed by atoms with Gasteiger partial charge in [0.15, 0.2) is 5.69 Å². The first-order valence-electron chi connectivity index (χ1n) is 4.42. The summed E-state index contributed by atoms with van der Waals surface area (Å²) < 4.78 is 0. The third-order valence-corrected chi connectivity index (χ3v) is 2.38. The minimum absolute atomic E-state index is 0.0342. The monoisotopic (exact) mass is 181 g/mol. The molecule has 0 atom stereocenters. The smallest absolute Gasteiger partial charge is 0.358 e. The van der Waals surface area contributed by atoms with Crippen molar-refractivity contribution in [2.75, 3.05) is 0 Å². The van der Waals surface area contributed by atoms with E-state index >= 15 is 0 Å². The summed E-state index contributed by atoms with van der Waals surface area (Å²) in [6.45, 7) is 0. The molecule has 1 aliphatic rings. The van der Waals surface area contributed by atoms with Crippen molar-refractivity contribution >= 4 is 5.97 Å². The maximum absolute atomic E-state index is 10.5. The zero-order valence-electron chi connectivity index (χ0n) is 7.18. The van der Waals surface area contributed by atoms with E-state index in [1.54, 1.807) is 0 Å². The van der Waals surface area contributed by atoms with Crippen LogP contribution in [0, 0.1) is 0 Å². The van der Waals surface area contributed by atoms with Crippen LogP contribution in [-0.2, 0) is 0 Å². The van der Waals surface area contributed by atoms with Gasteiger partial charge in [0.2, 0.25) is 0 Å². The van der Waals surface area contributed by atoms with Gasteiger partial charge in [0.1, 0.15) is 0 Å². The summed E-state index contributed by atoms with van der Waals surface area (Å²) in [6.07, 6.45) is 5.81. The van der Waals surface area contributed by atoms with Crippen LogP contribution < -0.4 is 0 Å². The summed E-state index contributed by atoms with van der Waals surface area (Å²) in [5.41, 5.74) is 0.0342. The molecule has 0 bridgehead atoms. The summed E-state index contributed by atoms with van der Waals surface area (Å²) in [5.74, 6) is -1.01. The van der Waals surface area contributed by atoms with Gasteiger partial charge in [-0.25, -0.2) is 4.79 Å². The molecule has 1 aromatic heterocycles. The Morgan fingerprint density at radius 3 is 2.77 bits per heavy atom. The predicted octanol–water partition coefficient (Wildman–Crippen LogP) is 1.09. The number of rotatable bonds is 2. The molecular weight excluding hydrogens is 170 g/mol. The van der Waals surface area contributed by atoms with Crippen LogP contribution >= 0.6 is 0 Å². The average molecular weight is 181 g/mol. The maximum Gasteiger partial charge on any atom is 0.358 e. The molecule has 0 saturated heterocycles. The lowest BCUT2D eigenvalue weighted by molar-refractivity contribution is 0.0689. The van der Waals surface area contributed by atoms with Gasteiger partial charge in [0.25, 0.3) is 0 Å². The van der Waals surface area contributed by atoms with Crippen molar-refractivity contribution in [3.05, 3.63) is 11.9 Å². The molecule has 1 N–H and O–H groups in total. The number of carbonyl (C=O) groups is 1. The van der Waals surface area contributed by atoms with Crippen LogP contribution in [0.2, 0.25) is 0 Å². The van der Waals surface area contributed by atoms with E-state index in [-0.39, 0.29) is 5.69 Å². The maximum atomic E-state index is 10.5. The van der Waals surface area contributed by atoms with E-state index in [2.05, 4.69) is 10.2 Å². The number of carboxylic acid groups (broad SMARTS) is 1. The zero-order chi connectivity index (χ0) is 9.26. The minimum atomic E-state index is -1.01. The van der Waals surface area contributed by atoms with E-state index in [1.807, 2.05) is 0 Å². The number of aromatic nitrogens is 3. The Kier molecular flexibility index (Phi) is 2.00. The fourth-order valence-electron chi connectivity index (χ4n) is 1.68. The van der Waals surface area contributed by atoms with Crippen molar-refractivity contribution in [3.63, 3.8) is 0 Å². The Balaban J connectivity index is 2.16. The van der Waals surface area contributed by atoms with Gasteiger partial charge in [-0.15, -0.1) is 5.10 Å². The fourth-order valence-corrected chi connectivity index (χ4v) is 1.68. The van der Waals surface area contributed by atoms with E-state index in [0.29, 0.717) is 6.04 Å². The molecule has 5 nitrogen and oxygen atoms in total. The topological polar surface area (TPSA) is 68.0 Å². The molecular formula is C8H11N3O2. The molecule has 1 aromatic rings. The van der Waals surface area contributed by atoms with Crippen LogP contribution in [0.15, 0.2) is 6.20 Å². The van der Waals surface area contributed by atoms with Crippen LogP contribution in [0.25, 0.3) is 0 Å². The van der Waals surface area contributed by atoms with Crippen molar-refractivity contribution in [1.82, 2.24) is 15.0 Å². The van der Waals surface area contributed by atoms with E-state index in [4.69, 9.17) is 5.11 Å². The SMILES string of the molecule is O=C(O)c1cnn(C2CCCC2)n1. The van der Waals surface area contributed by atoms with E-state index in [9.17, 15) is 4.79 Å². The fraction of sp³-hybridized carbons (Fsp3) is 0.625. The second kappa shape index (κ2) is 3.16. The summed E-state index contributed by atoms with van der Waals surface area (Å²) >= 11 is 0. The molecule has 1 heterocycles. The highest BCUT2D eigenvalue weighted by Gasteiger charge is 2.19. The first-order valence-corrected chi connectivity index (χ1v) is 4.42. The minimum Gasteiger partial charge on any atom is -0.476 e. The molecule has 5 heteroatoms. The highest BCUT2D eigenvalue weighted by molar-refractivity contribution is 5.84. The number of hydrogen-bond donors (Lipinski definition) is 1. The number of aromatic carboxylic acids is 1. The van der Waals surface area contributed by atoms with E-state index in [1.165, 1.54) is 23.8 Å². The molecule has 0 amide bonds. The first kappa shape index (κ1) is 8.22. The molecule has 0 unspecified atom stereocenters. The lowest BCUT2D eigenvalue weighted by atomic mass is 10.3. The normalized spacial score (nSPS) is 17.8. The van der Waals surface area contributed by atoms with Gasteiger partial charge < -0.3 is 5.11 Å². The van der Waals surface area contributed by atoms with Crippen molar-refractivity contribution in [1.29, 1.82) is 0 Å². The molecule has 0 aliphatic heterocycles. The average Bonchev–Trinajstić information content (AvgIpc) is 2.75. The van der Waals surface area contributed by atoms with Crippen LogP contribution in [-0.4, -0.2) is 26.1 Å². The number of carboxylic acids is 1. The number of nitrogens with zero attached hydrogens (tertiary/aromatic N) is 3. The van der Waals surface area contributed by atoms with E-state index < -0.39 is 5.97 Å². The standard InChI is InChI=1S/C8H11N3O2/c12-8(13)7-5-9-11(10-7)6-3-1-2-4-6/h5-6H,1-4H2,(H,12,13). The van der Waals surface area contributed by atoms with Gasteiger partial charge in [0, 0.05) is 0 Å². The third-order valence-electron chi connectivity index (χ3n) is 2.38. The van der Waals surface area contributed by atoms with Gasteiger partial charge in [-0.3, -0.25) is 0 Å². The molecule has 0 spiro atoms. The largest absolute Gasteiger partial charge is 0.476 e. The van der Waals surface area contributed by atoms with Gasteiger partial charge in [-0.1, -0.05) is 12.8 Å².